The van der Waals surface area contributed by atoms with E-state index in [0.717, 1.165) is 5.56 Å². The van der Waals surface area contributed by atoms with Gasteiger partial charge in [-0.05, 0) is 32.9 Å². The number of benzene rings is 1. The van der Waals surface area contributed by atoms with Crippen LogP contribution in [-0.4, -0.2) is 29.0 Å². The average Bonchev–Trinajstić information content (AvgIpc) is 2.45. The number of amides is 1. The van der Waals surface area contributed by atoms with Gasteiger partial charge < -0.3 is 15.8 Å². The molecule has 0 fully saturated rings. The van der Waals surface area contributed by atoms with Crippen LogP contribution in [-0.2, 0) is 0 Å². The zero-order valence-corrected chi connectivity index (χ0v) is 13.2. The molecular weight excluding hydrogens is 280 g/mol. The molecule has 1 aromatic heterocycles. The molecule has 1 amide bonds. The lowest BCUT2D eigenvalue weighted by Gasteiger charge is -2.13. The minimum Gasteiger partial charge on any atom is -0.491 e. The fraction of sp³-hybridized carbons (Fsp3) is 0.312. The fourth-order valence-corrected chi connectivity index (χ4v) is 2.19. The van der Waals surface area contributed by atoms with Crippen molar-refractivity contribution in [2.45, 2.75) is 26.9 Å². The number of ether oxygens (including phenoxy) is 1. The quantitative estimate of drug-likeness (QED) is 0.903. The third kappa shape index (κ3) is 3.33. The number of nitrogens with zero attached hydrogens (tertiary/aromatic N) is 2. The zero-order valence-electron chi connectivity index (χ0n) is 13.2. The summed E-state index contributed by atoms with van der Waals surface area (Å²) in [7, 11) is 1.57. The maximum Gasteiger partial charge on any atom is 0.255 e. The van der Waals surface area contributed by atoms with Crippen molar-refractivity contribution in [2.75, 3.05) is 12.8 Å². The smallest absolute Gasteiger partial charge is 0.255 e. The maximum absolute atomic E-state index is 12.1. The lowest BCUT2D eigenvalue weighted by molar-refractivity contribution is 0.0962. The van der Waals surface area contributed by atoms with Gasteiger partial charge in [-0.15, -0.1) is 0 Å². The van der Waals surface area contributed by atoms with Gasteiger partial charge in [0.1, 0.15) is 5.75 Å². The van der Waals surface area contributed by atoms with E-state index in [-0.39, 0.29) is 18.0 Å². The van der Waals surface area contributed by atoms with Gasteiger partial charge in [-0.1, -0.05) is 12.1 Å². The number of rotatable bonds is 4. The molecule has 116 valence electrons. The number of nitrogen functional groups attached to an aromatic ring is 1. The van der Waals surface area contributed by atoms with E-state index in [0.29, 0.717) is 22.7 Å². The van der Waals surface area contributed by atoms with Crippen LogP contribution < -0.4 is 15.8 Å². The van der Waals surface area contributed by atoms with Crippen LogP contribution in [0.25, 0.3) is 11.3 Å². The fourth-order valence-electron chi connectivity index (χ4n) is 2.19. The molecule has 0 aliphatic rings. The molecule has 1 heterocycles. The molecule has 0 atom stereocenters. The number of aryl methyl sites for hydroxylation is 1. The Hall–Kier alpha value is -2.63. The van der Waals surface area contributed by atoms with Gasteiger partial charge in [-0.25, -0.2) is 9.97 Å². The van der Waals surface area contributed by atoms with E-state index in [4.69, 9.17) is 10.5 Å². The van der Waals surface area contributed by atoms with Crippen molar-refractivity contribution in [3.8, 4) is 17.0 Å². The second-order valence-electron chi connectivity index (χ2n) is 5.16. The maximum atomic E-state index is 12.1. The van der Waals surface area contributed by atoms with Crippen LogP contribution in [0.2, 0.25) is 0 Å². The topological polar surface area (TPSA) is 90.1 Å². The van der Waals surface area contributed by atoms with Gasteiger partial charge in [-0.2, -0.15) is 0 Å². The van der Waals surface area contributed by atoms with E-state index in [9.17, 15) is 4.79 Å². The SMILES string of the molecule is CNC(=O)c1c(C)nc(N)nc1-c1cccc(OC(C)C)c1. The highest BCUT2D eigenvalue weighted by atomic mass is 16.5. The summed E-state index contributed by atoms with van der Waals surface area (Å²) in [6.07, 6.45) is 0.0610. The third-order valence-electron chi connectivity index (χ3n) is 3.04. The molecule has 3 N–H and O–H groups in total. The van der Waals surface area contributed by atoms with Crippen LogP contribution in [0.4, 0.5) is 5.95 Å². The predicted octanol–water partition coefficient (Wildman–Crippen LogP) is 2.18. The van der Waals surface area contributed by atoms with E-state index in [1.807, 2.05) is 38.1 Å². The number of nitrogens with one attached hydrogen (secondary N) is 1. The number of carbonyl (C=O) groups excluding carboxylic acids is 1. The minimum atomic E-state index is -0.248. The summed E-state index contributed by atoms with van der Waals surface area (Å²) in [5.41, 5.74) is 7.95. The lowest BCUT2D eigenvalue weighted by atomic mass is 10.0. The highest BCUT2D eigenvalue weighted by molar-refractivity contribution is 6.01. The Morgan fingerprint density at radius 2 is 2.05 bits per heavy atom. The van der Waals surface area contributed by atoms with Crippen molar-refractivity contribution in [3.63, 3.8) is 0 Å². The van der Waals surface area contributed by atoms with Gasteiger partial charge in [0, 0.05) is 12.6 Å². The Morgan fingerprint density at radius 1 is 1.32 bits per heavy atom. The van der Waals surface area contributed by atoms with Gasteiger partial charge >= 0.3 is 0 Å². The highest BCUT2D eigenvalue weighted by Gasteiger charge is 2.18. The Labute approximate surface area is 129 Å². The molecule has 0 saturated carbocycles. The van der Waals surface area contributed by atoms with Gasteiger partial charge in [0.25, 0.3) is 5.91 Å². The Bertz CT molecular complexity index is 699. The summed E-state index contributed by atoms with van der Waals surface area (Å²) in [5.74, 6) is 0.600. The van der Waals surface area contributed by atoms with Crippen molar-refractivity contribution in [1.82, 2.24) is 15.3 Å². The summed E-state index contributed by atoms with van der Waals surface area (Å²) in [6.45, 7) is 5.64. The second-order valence-corrected chi connectivity index (χ2v) is 5.16. The molecule has 0 saturated heterocycles. The van der Waals surface area contributed by atoms with Crippen molar-refractivity contribution in [1.29, 1.82) is 0 Å². The molecule has 0 spiro atoms. The summed E-state index contributed by atoms with van der Waals surface area (Å²) in [5, 5.41) is 2.61. The number of anilines is 1. The van der Waals surface area contributed by atoms with Gasteiger partial charge in [0.05, 0.1) is 23.1 Å². The normalized spacial score (nSPS) is 10.6. The van der Waals surface area contributed by atoms with Crippen LogP contribution in [0.1, 0.15) is 29.9 Å². The summed E-state index contributed by atoms with van der Waals surface area (Å²) >= 11 is 0. The largest absolute Gasteiger partial charge is 0.491 e. The van der Waals surface area contributed by atoms with Crippen LogP contribution in [0, 0.1) is 6.92 Å². The number of aromatic nitrogens is 2. The molecule has 6 heteroatoms. The molecule has 0 radical (unpaired) electrons. The number of hydrogen-bond acceptors (Lipinski definition) is 5. The predicted molar refractivity (Wildman–Crippen MR) is 85.8 cm³/mol. The van der Waals surface area contributed by atoms with Crippen LogP contribution >= 0.6 is 0 Å². The molecule has 0 bridgehead atoms. The Morgan fingerprint density at radius 3 is 2.68 bits per heavy atom. The first-order valence-corrected chi connectivity index (χ1v) is 7.05. The first-order valence-electron chi connectivity index (χ1n) is 7.05. The molecule has 2 rings (SSSR count). The standard InChI is InChI=1S/C16H20N4O2/c1-9(2)22-12-7-5-6-11(8-12)14-13(15(21)18-4)10(3)19-16(17)20-14/h5-9H,1-4H3,(H,18,21)(H2,17,19,20). The first-order chi connectivity index (χ1) is 10.4. The van der Waals surface area contributed by atoms with Crippen molar-refractivity contribution in [3.05, 3.63) is 35.5 Å². The minimum absolute atomic E-state index is 0.0610. The Kier molecular flexibility index (Phi) is 4.60. The number of hydrogen-bond donors (Lipinski definition) is 2. The van der Waals surface area contributed by atoms with Crippen LogP contribution in [0.3, 0.4) is 0 Å². The molecule has 22 heavy (non-hydrogen) atoms. The summed E-state index contributed by atoms with van der Waals surface area (Å²) in [4.78, 5) is 20.5. The second kappa shape index (κ2) is 6.43. The van der Waals surface area contributed by atoms with E-state index in [1.54, 1.807) is 14.0 Å². The molecule has 2 aromatic rings. The number of carbonyl (C=O) groups is 1. The third-order valence-corrected chi connectivity index (χ3v) is 3.04. The average molecular weight is 300 g/mol. The van der Waals surface area contributed by atoms with E-state index < -0.39 is 0 Å². The summed E-state index contributed by atoms with van der Waals surface area (Å²) < 4.78 is 5.69. The van der Waals surface area contributed by atoms with Crippen molar-refractivity contribution in [2.24, 2.45) is 0 Å². The summed E-state index contributed by atoms with van der Waals surface area (Å²) in [6, 6.07) is 7.42. The van der Waals surface area contributed by atoms with Crippen LogP contribution in [0.5, 0.6) is 5.75 Å². The van der Waals surface area contributed by atoms with Gasteiger partial charge in [0.2, 0.25) is 5.95 Å². The van der Waals surface area contributed by atoms with E-state index in [2.05, 4.69) is 15.3 Å². The van der Waals surface area contributed by atoms with Gasteiger partial charge in [-0.3, -0.25) is 4.79 Å². The molecule has 1 aromatic carbocycles. The lowest BCUT2D eigenvalue weighted by Crippen LogP contribution is -2.21. The van der Waals surface area contributed by atoms with Crippen molar-refractivity contribution < 1.29 is 9.53 Å². The molecule has 0 unspecified atom stereocenters. The number of nitrogens with two attached hydrogens (primary N) is 1. The zero-order chi connectivity index (χ0) is 16.3. The molecule has 0 aliphatic heterocycles. The van der Waals surface area contributed by atoms with E-state index in [1.165, 1.54) is 0 Å². The molecule has 6 nitrogen and oxygen atoms in total. The van der Waals surface area contributed by atoms with E-state index >= 15 is 0 Å². The van der Waals surface area contributed by atoms with Crippen LogP contribution in [0.15, 0.2) is 24.3 Å². The molecular formula is C16H20N4O2. The van der Waals surface area contributed by atoms with Gasteiger partial charge in [0.15, 0.2) is 0 Å². The monoisotopic (exact) mass is 300 g/mol. The molecule has 0 aliphatic carbocycles. The first kappa shape index (κ1) is 15.8. The Balaban J connectivity index is 2.58. The highest BCUT2D eigenvalue weighted by Crippen LogP contribution is 2.27. The van der Waals surface area contributed by atoms with Crippen molar-refractivity contribution >= 4 is 11.9 Å².